The molecular weight excluding hydrogens is 274 g/mol. The quantitative estimate of drug-likeness (QED) is 0.759. The van der Waals surface area contributed by atoms with Gasteiger partial charge < -0.3 is 10.5 Å². The number of carbonyl (C=O) groups excluding carboxylic acids is 1. The van der Waals surface area contributed by atoms with Gasteiger partial charge in [0.2, 0.25) is 5.95 Å². The van der Waals surface area contributed by atoms with Crippen molar-refractivity contribution in [2.24, 2.45) is 5.14 Å². The van der Waals surface area contributed by atoms with Gasteiger partial charge in [-0.15, -0.1) is 9.78 Å². The lowest BCUT2D eigenvalue weighted by Crippen LogP contribution is -2.21. The second-order valence-electron chi connectivity index (χ2n) is 3.39. The highest BCUT2D eigenvalue weighted by Crippen LogP contribution is 2.11. The van der Waals surface area contributed by atoms with Crippen molar-refractivity contribution < 1.29 is 17.9 Å². The number of anilines is 1. The number of nitrogens with zero attached hydrogens (tertiary/aromatic N) is 3. The predicted molar refractivity (Wildman–Crippen MR) is 63.7 cm³/mol. The van der Waals surface area contributed by atoms with E-state index < -0.39 is 27.2 Å². The summed E-state index contributed by atoms with van der Waals surface area (Å²) in [5, 5.41) is 7.43. The molecule has 0 atom stereocenters. The molecule has 1 aromatic heterocycles. The number of hydrogen-bond acceptors (Lipinski definition) is 7. The Labute approximate surface area is 107 Å². The first-order valence-corrected chi connectivity index (χ1v) is 6.45. The first-order valence-electron chi connectivity index (χ1n) is 4.90. The molecule has 0 spiro atoms. The molecule has 0 fully saturated rings. The van der Waals surface area contributed by atoms with Crippen molar-refractivity contribution in [1.82, 2.24) is 14.8 Å². The van der Waals surface area contributed by atoms with Crippen LogP contribution in [0.4, 0.5) is 10.7 Å². The number of ether oxygens (including phenoxy) is 1. The molecule has 100 valence electrons. The van der Waals surface area contributed by atoms with E-state index in [2.05, 4.69) is 10.1 Å². The molecule has 0 unspecified atom stereocenters. The van der Waals surface area contributed by atoms with Crippen LogP contribution in [0.3, 0.4) is 0 Å². The molecule has 0 bridgehead atoms. The number of nitrogens with two attached hydrogens (primary N) is 2. The zero-order valence-electron chi connectivity index (χ0n) is 9.42. The lowest BCUT2D eigenvalue weighted by molar-refractivity contribution is 0.199. The maximum Gasteiger partial charge on any atom is 0.443 e. The van der Waals surface area contributed by atoms with E-state index >= 15 is 0 Å². The third-order valence-electron chi connectivity index (χ3n) is 1.99. The Bertz CT molecular complexity index is 709. The minimum Gasteiger partial charge on any atom is -0.409 e. The Morgan fingerprint density at radius 1 is 1.26 bits per heavy atom. The van der Waals surface area contributed by atoms with E-state index in [0.29, 0.717) is 4.68 Å². The highest BCUT2D eigenvalue weighted by Gasteiger charge is 2.21. The van der Waals surface area contributed by atoms with Crippen LogP contribution in [0.1, 0.15) is 0 Å². The average Bonchev–Trinajstić information content (AvgIpc) is 2.72. The summed E-state index contributed by atoms with van der Waals surface area (Å²) in [6.07, 6.45) is -0.994. The van der Waals surface area contributed by atoms with Crippen molar-refractivity contribution in [2.75, 3.05) is 5.73 Å². The number of primary sulfonamides is 1. The van der Waals surface area contributed by atoms with Crippen LogP contribution in [0.25, 0.3) is 0 Å². The maximum atomic E-state index is 11.7. The first-order chi connectivity index (χ1) is 8.88. The summed E-state index contributed by atoms with van der Waals surface area (Å²) in [4.78, 5) is 15.1. The van der Waals surface area contributed by atoms with Crippen LogP contribution in [-0.4, -0.2) is 29.3 Å². The minimum absolute atomic E-state index is 0.250. The normalized spacial score (nSPS) is 11.2. The van der Waals surface area contributed by atoms with Crippen LogP contribution in [0, 0.1) is 0 Å². The Balaban J connectivity index is 2.28. The van der Waals surface area contributed by atoms with Crippen LogP contribution in [0.2, 0.25) is 0 Å². The van der Waals surface area contributed by atoms with Gasteiger partial charge in [0, 0.05) is 0 Å². The molecule has 1 heterocycles. The van der Waals surface area contributed by atoms with Gasteiger partial charge in [-0.1, -0.05) is 18.2 Å². The topological polar surface area (TPSA) is 143 Å². The van der Waals surface area contributed by atoms with Gasteiger partial charge in [0.1, 0.15) is 5.75 Å². The van der Waals surface area contributed by atoms with Gasteiger partial charge in [-0.2, -0.15) is 4.98 Å². The Kier molecular flexibility index (Phi) is 3.19. The average molecular weight is 283 g/mol. The third kappa shape index (κ3) is 2.86. The molecule has 0 aliphatic heterocycles. The van der Waals surface area contributed by atoms with Crippen molar-refractivity contribution in [3.63, 3.8) is 0 Å². The molecule has 9 nitrogen and oxygen atoms in total. The van der Waals surface area contributed by atoms with Crippen molar-refractivity contribution in [2.45, 2.75) is 5.16 Å². The summed E-state index contributed by atoms with van der Waals surface area (Å²) in [7, 11) is -4.14. The van der Waals surface area contributed by atoms with Gasteiger partial charge >= 0.3 is 6.09 Å². The highest BCUT2D eigenvalue weighted by molar-refractivity contribution is 7.89. The van der Waals surface area contributed by atoms with Gasteiger partial charge in [0.25, 0.3) is 15.2 Å². The van der Waals surface area contributed by atoms with Crippen LogP contribution in [0.15, 0.2) is 35.5 Å². The number of para-hydroxylation sites is 1. The number of benzene rings is 1. The van der Waals surface area contributed by atoms with Crippen LogP contribution in [0.5, 0.6) is 5.75 Å². The standard InChI is InChI=1S/C9H9N5O4S/c10-7-12-8(19(11,16)17)13-14(7)9(15)18-6-4-2-1-3-5-6/h1-5H,(H2,10,12,13)(H2,11,16,17). The molecular formula is C9H9N5O4S. The number of rotatable bonds is 2. The summed E-state index contributed by atoms with van der Waals surface area (Å²) in [6.45, 7) is 0. The molecule has 2 rings (SSSR count). The monoisotopic (exact) mass is 283 g/mol. The Morgan fingerprint density at radius 2 is 1.89 bits per heavy atom. The van der Waals surface area contributed by atoms with Crippen LogP contribution >= 0.6 is 0 Å². The molecule has 4 N–H and O–H groups in total. The molecule has 0 aliphatic rings. The van der Waals surface area contributed by atoms with Crippen molar-refractivity contribution in [1.29, 1.82) is 0 Å². The lowest BCUT2D eigenvalue weighted by atomic mass is 10.3. The van der Waals surface area contributed by atoms with E-state index in [4.69, 9.17) is 15.6 Å². The first kappa shape index (κ1) is 13.0. The SMILES string of the molecule is Nc1nc(S(N)(=O)=O)nn1C(=O)Oc1ccccc1. The van der Waals surface area contributed by atoms with Crippen LogP contribution in [-0.2, 0) is 10.0 Å². The largest absolute Gasteiger partial charge is 0.443 e. The van der Waals surface area contributed by atoms with Crippen LogP contribution < -0.4 is 15.6 Å². The number of aromatic nitrogens is 3. The minimum atomic E-state index is -4.14. The number of hydrogen-bond donors (Lipinski definition) is 2. The fourth-order valence-corrected chi connectivity index (χ4v) is 1.61. The van der Waals surface area contributed by atoms with E-state index in [1.54, 1.807) is 18.2 Å². The smallest absolute Gasteiger partial charge is 0.409 e. The molecule has 19 heavy (non-hydrogen) atoms. The van der Waals surface area contributed by atoms with Gasteiger partial charge in [-0.25, -0.2) is 18.4 Å². The fraction of sp³-hybridized carbons (Fsp3) is 0. The summed E-state index contributed by atoms with van der Waals surface area (Å²) >= 11 is 0. The Hall–Kier alpha value is -2.46. The van der Waals surface area contributed by atoms with E-state index in [9.17, 15) is 13.2 Å². The molecule has 0 radical (unpaired) electrons. The van der Waals surface area contributed by atoms with Crippen molar-refractivity contribution >= 4 is 22.1 Å². The molecule has 10 heteroatoms. The van der Waals surface area contributed by atoms with Crippen molar-refractivity contribution in [3.8, 4) is 5.75 Å². The fourth-order valence-electron chi connectivity index (χ4n) is 1.19. The molecule has 0 saturated heterocycles. The van der Waals surface area contributed by atoms with E-state index in [1.807, 2.05) is 0 Å². The number of sulfonamides is 1. The predicted octanol–water partition coefficient (Wildman–Crippen LogP) is -0.445. The summed E-state index contributed by atoms with van der Waals surface area (Å²) in [6, 6.07) is 8.11. The maximum absolute atomic E-state index is 11.7. The van der Waals surface area contributed by atoms with Gasteiger partial charge in [0.05, 0.1) is 0 Å². The second-order valence-corrected chi connectivity index (χ2v) is 4.85. The molecule has 0 aliphatic carbocycles. The third-order valence-corrected chi connectivity index (χ3v) is 2.67. The summed E-state index contributed by atoms with van der Waals surface area (Å²) in [5.41, 5.74) is 5.36. The zero-order valence-corrected chi connectivity index (χ0v) is 10.2. The Morgan fingerprint density at radius 3 is 2.42 bits per heavy atom. The molecule has 2 aromatic rings. The van der Waals surface area contributed by atoms with Crippen molar-refractivity contribution in [3.05, 3.63) is 30.3 Å². The highest BCUT2D eigenvalue weighted by atomic mass is 32.2. The van der Waals surface area contributed by atoms with Gasteiger partial charge in [0.15, 0.2) is 0 Å². The van der Waals surface area contributed by atoms with Gasteiger partial charge in [-0.3, -0.25) is 0 Å². The van der Waals surface area contributed by atoms with Gasteiger partial charge in [-0.05, 0) is 12.1 Å². The number of nitrogen functional groups attached to an aromatic ring is 1. The summed E-state index contributed by atoms with van der Waals surface area (Å²) in [5.74, 6) is -0.190. The molecule has 1 aromatic carbocycles. The zero-order chi connectivity index (χ0) is 14.0. The summed E-state index contributed by atoms with van der Waals surface area (Å²) < 4.78 is 27.4. The van der Waals surface area contributed by atoms with E-state index in [0.717, 1.165) is 0 Å². The number of carbonyl (C=O) groups is 1. The lowest BCUT2D eigenvalue weighted by Gasteiger charge is -2.03. The second kappa shape index (κ2) is 4.66. The van der Waals surface area contributed by atoms with E-state index in [1.165, 1.54) is 12.1 Å². The molecule has 0 saturated carbocycles. The molecule has 0 amide bonds. The van der Waals surface area contributed by atoms with E-state index in [-0.39, 0.29) is 5.75 Å².